The largest absolute Gasteiger partial charge is 0.597 e. The molecule has 0 saturated carbocycles. The molecule has 21 heavy (non-hydrogen) atoms. The van der Waals surface area contributed by atoms with Crippen molar-refractivity contribution in [2.45, 2.75) is 52.3 Å². The SMILES string of the molecule is CCN(C(C)c1cc(B(O)O)c(C)cn1)[S@+]([O-])C(C)(C)C. The molecule has 1 rings (SSSR count). The van der Waals surface area contributed by atoms with Crippen molar-refractivity contribution in [3.63, 3.8) is 0 Å². The molecule has 1 aromatic heterocycles. The Kier molecular flexibility index (Phi) is 6.25. The molecule has 1 aromatic rings. The van der Waals surface area contributed by atoms with Gasteiger partial charge in [-0.05, 0) is 58.6 Å². The van der Waals surface area contributed by atoms with Gasteiger partial charge in [0.15, 0.2) is 0 Å². The summed E-state index contributed by atoms with van der Waals surface area (Å²) in [4.78, 5) is 4.36. The lowest BCUT2D eigenvalue weighted by molar-refractivity contribution is 0.339. The van der Waals surface area contributed by atoms with Crippen LogP contribution in [-0.2, 0) is 11.4 Å². The van der Waals surface area contributed by atoms with Gasteiger partial charge in [-0.15, -0.1) is 4.31 Å². The number of pyridine rings is 1. The van der Waals surface area contributed by atoms with E-state index in [2.05, 4.69) is 4.98 Å². The van der Waals surface area contributed by atoms with Crippen LogP contribution in [-0.4, -0.2) is 42.3 Å². The lowest BCUT2D eigenvalue weighted by Crippen LogP contribution is -2.44. The second-order valence-corrected chi connectivity index (χ2v) is 8.30. The van der Waals surface area contributed by atoms with Crippen LogP contribution < -0.4 is 5.46 Å². The predicted molar refractivity (Wildman–Crippen MR) is 87.5 cm³/mol. The van der Waals surface area contributed by atoms with Crippen molar-refractivity contribution in [2.75, 3.05) is 6.54 Å². The molecule has 7 heteroatoms. The Morgan fingerprint density at radius 2 is 2.00 bits per heavy atom. The van der Waals surface area contributed by atoms with Gasteiger partial charge in [0.05, 0.1) is 11.7 Å². The van der Waals surface area contributed by atoms with E-state index < -0.39 is 18.5 Å². The van der Waals surface area contributed by atoms with Gasteiger partial charge < -0.3 is 14.6 Å². The Morgan fingerprint density at radius 1 is 1.43 bits per heavy atom. The molecular weight excluding hydrogens is 287 g/mol. The first kappa shape index (κ1) is 18.5. The molecule has 0 saturated heterocycles. The van der Waals surface area contributed by atoms with Crippen LogP contribution in [0.15, 0.2) is 12.3 Å². The fraction of sp³-hybridized carbons (Fsp3) is 0.643. The number of rotatable bonds is 5. The molecule has 118 valence electrons. The van der Waals surface area contributed by atoms with E-state index >= 15 is 0 Å². The third-order valence-electron chi connectivity index (χ3n) is 3.35. The molecule has 0 fully saturated rings. The minimum absolute atomic E-state index is 0.173. The third kappa shape index (κ3) is 4.44. The van der Waals surface area contributed by atoms with Crippen LogP contribution in [0.1, 0.15) is 51.9 Å². The van der Waals surface area contributed by atoms with Crippen molar-refractivity contribution in [1.29, 1.82) is 0 Å². The van der Waals surface area contributed by atoms with E-state index in [9.17, 15) is 14.6 Å². The predicted octanol–water partition coefficient (Wildman–Crippen LogP) is 0.915. The molecule has 0 bridgehead atoms. The van der Waals surface area contributed by atoms with E-state index in [4.69, 9.17) is 0 Å². The topological polar surface area (TPSA) is 79.7 Å². The van der Waals surface area contributed by atoms with E-state index in [1.54, 1.807) is 19.2 Å². The average molecular weight is 312 g/mol. The molecule has 0 aliphatic heterocycles. The molecule has 1 unspecified atom stereocenters. The van der Waals surface area contributed by atoms with Gasteiger partial charge in [-0.3, -0.25) is 4.98 Å². The molecule has 2 atom stereocenters. The van der Waals surface area contributed by atoms with Gasteiger partial charge in [0.1, 0.15) is 4.75 Å². The summed E-state index contributed by atoms with van der Waals surface area (Å²) in [5, 5.41) is 18.8. The highest BCUT2D eigenvalue weighted by molar-refractivity contribution is 7.90. The number of aromatic nitrogens is 1. The first-order valence-corrected chi connectivity index (χ1v) is 8.21. The Bertz CT molecular complexity index is 480. The first-order valence-electron chi connectivity index (χ1n) is 7.10. The fourth-order valence-corrected chi connectivity index (χ4v) is 3.43. The van der Waals surface area contributed by atoms with E-state index in [1.165, 1.54) is 0 Å². The van der Waals surface area contributed by atoms with E-state index in [-0.39, 0.29) is 10.8 Å². The summed E-state index contributed by atoms with van der Waals surface area (Å²) < 4.78 is 14.1. The van der Waals surface area contributed by atoms with Gasteiger partial charge in [0.2, 0.25) is 0 Å². The molecule has 5 nitrogen and oxygen atoms in total. The number of nitrogens with zero attached hydrogens (tertiary/aromatic N) is 2. The molecule has 0 amide bonds. The van der Waals surface area contributed by atoms with Crippen LogP contribution in [0, 0.1) is 6.92 Å². The van der Waals surface area contributed by atoms with Gasteiger partial charge in [-0.25, -0.2) is 0 Å². The highest BCUT2D eigenvalue weighted by Gasteiger charge is 2.36. The molecule has 0 aliphatic rings. The monoisotopic (exact) mass is 312 g/mol. The standard InChI is InChI=1S/C14H25BN2O3S/c1-7-17(21(20)14(4,5)6)11(3)13-8-12(15(18)19)10(2)9-16-13/h8-9,11,18-19H,7H2,1-6H3/t11?,21-/m1/s1. The number of aryl methyl sites for hydroxylation is 1. The first-order chi connectivity index (χ1) is 9.59. The maximum Gasteiger partial charge on any atom is 0.488 e. The fourth-order valence-electron chi connectivity index (χ4n) is 2.10. The zero-order valence-corrected chi connectivity index (χ0v) is 14.4. The smallest absolute Gasteiger partial charge is 0.488 e. The maximum atomic E-state index is 12.6. The van der Waals surface area contributed by atoms with Crippen LogP contribution >= 0.6 is 0 Å². The molecule has 0 radical (unpaired) electrons. The molecule has 1 heterocycles. The van der Waals surface area contributed by atoms with Crippen LogP contribution in [0.5, 0.6) is 0 Å². The molecular formula is C14H25BN2O3S. The van der Waals surface area contributed by atoms with E-state index in [0.29, 0.717) is 17.7 Å². The number of hydrogen-bond donors (Lipinski definition) is 2. The average Bonchev–Trinajstić information content (AvgIpc) is 2.38. The summed E-state index contributed by atoms with van der Waals surface area (Å²) in [6.07, 6.45) is 1.62. The van der Waals surface area contributed by atoms with Crippen LogP contribution in [0.4, 0.5) is 0 Å². The highest BCUT2D eigenvalue weighted by Crippen LogP contribution is 2.28. The van der Waals surface area contributed by atoms with Gasteiger partial charge in [-0.1, -0.05) is 0 Å². The summed E-state index contributed by atoms with van der Waals surface area (Å²) >= 11 is -1.16. The normalized spacial score (nSPS) is 15.1. The molecule has 0 aromatic carbocycles. The van der Waals surface area contributed by atoms with Gasteiger partial charge in [0.25, 0.3) is 0 Å². The van der Waals surface area contributed by atoms with Crippen molar-refractivity contribution in [3.05, 3.63) is 23.5 Å². The second-order valence-electron chi connectivity index (χ2n) is 6.11. The van der Waals surface area contributed by atoms with Gasteiger partial charge in [0, 0.05) is 24.1 Å². The van der Waals surface area contributed by atoms with Crippen molar-refractivity contribution in [3.8, 4) is 0 Å². The summed E-state index contributed by atoms with van der Waals surface area (Å²) in [7, 11) is -1.53. The Balaban J connectivity index is 3.11. The van der Waals surface area contributed by atoms with Crippen molar-refractivity contribution < 1.29 is 14.6 Å². The van der Waals surface area contributed by atoms with Crippen LogP contribution in [0.3, 0.4) is 0 Å². The Morgan fingerprint density at radius 3 is 2.43 bits per heavy atom. The molecule has 2 N–H and O–H groups in total. The third-order valence-corrected chi connectivity index (χ3v) is 5.40. The van der Waals surface area contributed by atoms with Crippen molar-refractivity contribution in [2.24, 2.45) is 0 Å². The summed E-state index contributed by atoms with van der Waals surface area (Å²) in [6.45, 7) is 12.1. The van der Waals surface area contributed by atoms with Crippen LogP contribution in [0.2, 0.25) is 0 Å². The highest BCUT2D eigenvalue weighted by atomic mass is 32.2. The maximum absolute atomic E-state index is 12.6. The lowest BCUT2D eigenvalue weighted by atomic mass is 9.77. The summed E-state index contributed by atoms with van der Waals surface area (Å²) in [6, 6.07) is 1.50. The minimum Gasteiger partial charge on any atom is -0.597 e. The summed E-state index contributed by atoms with van der Waals surface area (Å²) in [5.74, 6) is 0. The number of hydrogen-bond acceptors (Lipinski definition) is 5. The lowest BCUT2D eigenvalue weighted by Gasteiger charge is -2.35. The zero-order chi connectivity index (χ0) is 16.4. The second kappa shape index (κ2) is 7.11. The Labute approximate surface area is 130 Å². The Hall–Kier alpha value is -0.595. The molecule has 0 spiro atoms. The van der Waals surface area contributed by atoms with E-state index in [0.717, 1.165) is 5.56 Å². The van der Waals surface area contributed by atoms with Crippen molar-refractivity contribution >= 4 is 23.9 Å². The van der Waals surface area contributed by atoms with Gasteiger partial charge in [-0.2, -0.15) is 0 Å². The van der Waals surface area contributed by atoms with E-state index in [1.807, 2.05) is 38.9 Å². The summed E-state index contributed by atoms with van der Waals surface area (Å²) in [5.41, 5.74) is 1.84. The van der Waals surface area contributed by atoms with Crippen LogP contribution in [0.25, 0.3) is 0 Å². The minimum atomic E-state index is -1.53. The van der Waals surface area contributed by atoms with Crippen molar-refractivity contribution in [1.82, 2.24) is 9.29 Å². The quantitative estimate of drug-likeness (QED) is 0.624. The van der Waals surface area contributed by atoms with Gasteiger partial charge >= 0.3 is 7.12 Å². The zero-order valence-electron chi connectivity index (χ0n) is 13.6. The molecule has 0 aliphatic carbocycles.